The Morgan fingerprint density at radius 1 is 1.30 bits per heavy atom. The molecule has 3 nitrogen and oxygen atoms in total. The Morgan fingerprint density at radius 3 is 2.70 bits per heavy atom. The number of aldehydes is 1. The van der Waals surface area contributed by atoms with E-state index in [2.05, 4.69) is 12.6 Å². The van der Waals surface area contributed by atoms with Crippen molar-refractivity contribution >= 4 is 24.7 Å². The summed E-state index contributed by atoms with van der Waals surface area (Å²) in [4.78, 5) is 25.6. The van der Waals surface area contributed by atoms with Crippen LogP contribution < -0.4 is 0 Å². The number of Topliss-reactive ketones (excluding diaryl/α,β-unsaturated/α-hetero) is 1. The molecule has 2 aliphatic rings. The highest BCUT2D eigenvalue weighted by Crippen LogP contribution is 2.39. The molecule has 1 saturated heterocycles. The van der Waals surface area contributed by atoms with Crippen molar-refractivity contribution in [2.45, 2.75) is 30.6 Å². The molecule has 0 unspecified atom stereocenters. The van der Waals surface area contributed by atoms with Crippen LogP contribution in [-0.2, 0) is 9.59 Å². The van der Waals surface area contributed by atoms with Gasteiger partial charge in [0.25, 0.3) is 0 Å². The minimum absolute atomic E-state index is 0.0220. The van der Waals surface area contributed by atoms with E-state index < -0.39 is 6.04 Å². The van der Waals surface area contributed by atoms with Crippen molar-refractivity contribution in [3.63, 3.8) is 0 Å². The van der Waals surface area contributed by atoms with Gasteiger partial charge in [-0.3, -0.25) is 14.5 Å². The summed E-state index contributed by atoms with van der Waals surface area (Å²) in [6, 6.07) is 5.92. The molecule has 5 heteroatoms. The van der Waals surface area contributed by atoms with Gasteiger partial charge in [-0.25, -0.2) is 4.39 Å². The fourth-order valence-electron chi connectivity index (χ4n) is 3.18. The molecule has 2 atom stereocenters. The van der Waals surface area contributed by atoms with Crippen LogP contribution in [0.2, 0.25) is 0 Å². The highest BCUT2D eigenvalue weighted by Gasteiger charge is 2.40. The van der Waals surface area contributed by atoms with Crippen molar-refractivity contribution in [1.29, 1.82) is 0 Å². The van der Waals surface area contributed by atoms with Crippen LogP contribution in [0.4, 0.5) is 4.39 Å². The molecule has 0 spiro atoms. The van der Waals surface area contributed by atoms with Crippen molar-refractivity contribution in [2.75, 3.05) is 13.1 Å². The van der Waals surface area contributed by atoms with E-state index in [0.717, 1.165) is 31.1 Å². The van der Waals surface area contributed by atoms with Crippen LogP contribution in [0.3, 0.4) is 0 Å². The van der Waals surface area contributed by atoms with Gasteiger partial charge in [0.2, 0.25) is 0 Å². The Hall–Kier alpha value is -1.46. The number of carbonyl (C=O) groups is 2. The molecule has 2 fully saturated rings. The van der Waals surface area contributed by atoms with Crippen LogP contribution in [0.1, 0.15) is 30.9 Å². The number of allylic oxidation sites excluding steroid dienone is 1. The Labute approximate surface area is 141 Å². The van der Waals surface area contributed by atoms with Crippen molar-refractivity contribution in [1.82, 2.24) is 4.90 Å². The number of thiol groups is 1. The van der Waals surface area contributed by atoms with Crippen molar-refractivity contribution in [3.05, 3.63) is 47.3 Å². The van der Waals surface area contributed by atoms with E-state index in [9.17, 15) is 14.0 Å². The molecule has 0 bridgehead atoms. The molecule has 122 valence electrons. The predicted octanol–water partition coefficient (Wildman–Crippen LogP) is 2.98. The number of carbonyl (C=O) groups excluding carboxylic acids is 2. The van der Waals surface area contributed by atoms with Gasteiger partial charge >= 0.3 is 0 Å². The number of benzene rings is 1. The largest absolute Gasteiger partial charge is 0.299 e. The molecule has 23 heavy (non-hydrogen) atoms. The second-order valence-corrected chi connectivity index (χ2v) is 6.88. The summed E-state index contributed by atoms with van der Waals surface area (Å²) in [5.41, 5.74) is 1.33. The van der Waals surface area contributed by atoms with E-state index in [1.54, 1.807) is 18.2 Å². The number of rotatable bonds is 5. The summed E-state index contributed by atoms with van der Waals surface area (Å²) in [7, 11) is 0. The summed E-state index contributed by atoms with van der Waals surface area (Å²) >= 11 is 4.50. The summed E-state index contributed by atoms with van der Waals surface area (Å²) in [6.45, 7) is 1.15. The average Bonchev–Trinajstić information content (AvgIpc) is 3.37. The van der Waals surface area contributed by atoms with Gasteiger partial charge < -0.3 is 0 Å². The van der Waals surface area contributed by atoms with Gasteiger partial charge in [-0.05, 0) is 37.0 Å². The zero-order valence-electron chi connectivity index (χ0n) is 12.8. The molecule has 3 rings (SSSR count). The second kappa shape index (κ2) is 6.97. The Balaban J connectivity index is 1.92. The molecule has 1 saturated carbocycles. The molecular formula is C18H20FNO2S. The van der Waals surface area contributed by atoms with E-state index >= 15 is 0 Å². The summed E-state index contributed by atoms with van der Waals surface area (Å²) < 4.78 is 14.3. The first-order valence-corrected chi connectivity index (χ1v) is 8.48. The lowest BCUT2D eigenvalue weighted by atomic mass is 9.93. The standard InChI is InChI=1S/C18H20FNO2S/c19-15-4-2-1-3-14(15)17(18(22)12-5-6-12)20-9-7-16(23)13(11-20)8-10-21/h1-4,8,10,12,16-17,23H,5-7,9,11H2/b13-8-/t16-,17-/m1/s1. The van der Waals surface area contributed by atoms with Crippen LogP contribution >= 0.6 is 12.6 Å². The molecule has 1 heterocycles. The highest BCUT2D eigenvalue weighted by atomic mass is 32.1. The average molecular weight is 333 g/mol. The van der Waals surface area contributed by atoms with Gasteiger partial charge in [0.05, 0.1) is 6.04 Å². The fraction of sp³-hybridized carbons (Fsp3) is 0.444. The van der Waals surface area contributed by atoms with Gasteiger partial charge in [0.1, 0.15) is 12.1 Å². The molecule has 0 radical (unpaired) electrons. The molecule has 1 aliphatic carbocycles. The molecule has 1 aromatic carbocycles. The maximum absolute atomic E-state index is 14.3. The lowest BCUT2D eigenvalue weighted by Crippen LogP contribution is -2.42. The number of piperidine rings is 1. The number of ketones is 1. The Morgan fingerprint density at radius 2 is 2.04 bits per heavy atom. The van der Waals surface area contributed by atoms with E-state index in [1.807, 2.05) is 4.90 Å². The minimum Gasteiger partial charge on any atom is -0.299 e. The smallest absolute Gasteiger partial charge is 0.157 e. The number of likely N-dealkylation sites (tertiary alicyclic amines) is 1. The summed E-state index contributed by atoms with van der Waals surface area (Å²) in [5, 5.41) is 0.0220. The molecule has 1 aliphatic heterocycles. The summed E-state index contributed by atoms with van der Waals surface area (Å²) in [6.07, 6.45) is 4.80. The SMILES string of the molecule is O=C/C=C1/CN([C@@H](C(=O)C2CC2)c2ccccc2F)CC[C@H]1S. The number of hydrogen-bond acceptors (Lipinski definition) is 4. The minimum atomic E-state index is -0.570. The maximum Gasteiger partial charge on any atom is 0.157 e. The van der Waals surface area contributed by atoms with E-state index in [4.69, 9.17) is 0 Å². The highest BCUT2D eigenvalue weighted by molar-refractivity contribution is 7.81. The van der Waals surface area contributed by atoms with Crippen LogP contribution in [0, 0.1) is 11.7 Å². The lowest BCUT2D eigenvalue weighted by molar-refractivity contribution is -0.126. The van der Waals surface area contributed by atoms with Gasteiger partial charge in [0.15, 0.2) is 5.78 Å². The number of hydrogen-bond donors (Lipinski definition) is 1. The van der Waals surface area contributed by atoms with Gasteiger partial charge in [-0.1, -0.05) is 18.2 Å². The molecule has 0 aromatic heterocycles. The van der Waals surface area contributed by atoms with E-state index in [1.165, 1.54) is 12.1 Å². The topological polar surface area (TPSA) is 37.4 Å². The maximum atomic E-state index is 14.3. The van der Waals surface area contributed by atoms with E-state index in [-0.39, 0.29) is 22.8 Å². The summed E-state index contributed by atoms with van der Waals surface area (Å²) in [5.74, 6) is -0.203. The van der Waals surface area contributed by atoms with Crippen molar-refractivity contribution in [3.8, 4) is 0 Å². The third-order valence-electron chi connectivity index (χ3n) is 4.60. The zero-order chi connectivity index (χ0) is 16.4. The van der Waals surface area contributed by atoms with E-state index in [0.29, 0.717) is 18.7 Å². The first-order valence-electron chi connectivity index (χ1n) is 7.96. The lowest BCUT2D eigenvalue weighted by Gasteiger charge is -2.37. The number of halogens is 1. The monoisotopic (exact) mass is 333 g/mol. The third kappa shape index (κ3) is 3.56. The van der Waals surface area contributed by atoms with Crippen molar-refractivity contribution < 1.29 is 14.0 Å². The molecule has 0 amide bonds. The van der Waals surface area contributed by atoms with Gasteiger partial charge in [0, 0.05) is 29.8 Å². The quantitative estimate of drug-likeness (QED) is 0.511. The Kier molecular flexibility index (Phi) is 4.97. The molecular weight excluding hydrogens is 313 g/mol. The van der Waals surface area contributed by atoms with Crippen LogP contribution in [0.25, 0.3) is 0 Å². The second-order valence-electron chi connectivity index (χ2n) is 6.25. The number of nitrogens with zero attached hydrogens (tertiary/aromatic N) is 1. The first kappa shape index (κ1) is 16.4. The molecule has 0 N–H and O–H groups in total. The molecule has 1 aromatic rings. The zero-order valence-corrected chi connectivity index (χ0v) is 13.7. The van der Waals surface area contributed by atoms with Crippen molar-refractivity contribution in [2.24, 2.45) is 5.92 Å². The van der Waals surface area contributed by atoms with Crippen LogP contribution in [-0.4, -0.2) is 35.3 Å². The van der Waals surface area contributed by atoms with Crippen LogP contribution in [0.15, 0.2) is 35.9 Å². The Bertz CT molecular complexity index is 642. The van der Waals surface area contributed by atoms with Gasteiger partial charge in [-0.15, -0.1) is 0 Å². The fourth-order valence-corrected chi connectivity index (χ4v) is 3.47. The van der Waals surface area contributed by atoms with Gasteiger partial charge in [-0.2, -0.15) is 12.6 Å². The predicted molar refractivity (Wildman–Crippen MR) is 90.0 cm³/mol. The first-order chi connectivity index (χ1) is 11.1. The normalized spacial score (nSPS) is 25.3. The third-order valence-corrected chi connectivity index (χ3v) is 5.19. The van der Waals surface area contributed by atoms with Crippen LogP contribution in [0.5, 0.6) is 0 Å².